The number of rotatable bonds is 15. The summed E-state index contributed by atoms with van der Waals surface area (Å²) in [5.74, 6) is -3.38. The number of aromatic nitrogens is 4. The maximum atomic E-state index is 14.0. The molecule has 0 fully saturated rings. The highest BCUT2D eigenvalue weighted by Crippen LogP contribution is 2.26. The van der Waals surface area contributed by atoms with E-state index in [2.05, 4.69) is 31.3 Å². The second-order valence-corrected chi connectivity index (χ2v) is 10.9. The van der Waals surface area contributed by atoms with Crippen molar-refractivity contribution in [1.82, 2.24) is 31.3 Å². The van der Waals surface area contributed by atoms with Crippen molar-refractivity contribution >= 4 is 46.9 Å². The minimum atomic E-state index is -1.36. The van der Waals surface area contributed by atoms with Crippen molar-refractivity contribution in [2.45, 2.75) is 44.5 Å². The van der Waals surface area contributed by atoms with E-state index in [0.717, 1.165) is 11.8 Å². The van der Waals surface area contributed by atoms with E-state index in [1.54, 1.807) is 32.0 Å². The van der Waals surface area contributed by atoms with Gasteiger partial charge in [0.1, 0.15) is 17.6 Å². The normalized spacial score (nSPS) is 12.4. The number of nitrogens with zero attached hydrogens (tertiary/aromatic N) is 3. The van der Waals surface area contributed by atoms with Gasteiger partial charge >= 0.3 is 5.97 Å². The summed E-state index contributed by atoms with van der Waals surface area (Å²) in [7, 11) is 1.46. The van der Waals surface area contributed by atoms with Gasteiger partial charge in [-0.2, -0.15) is 5.21 Å². The van der Waals surface area contributed by atoms with Gasteiger partial charge in [-0.15, -0.1) is 22.0 Å². The highest BCUT2D eigenvalue weighted by atomic mass is 35.5. The molecule has 224 valence electrons. The molecule has 1 unspecified atom stereocenters. The summed E-state index contributed by atoms with van der Waals surface area (Å²) in [5.41, 5.74) is 1.32. The molecule has 3 rings (SSSR count). The Bertz CT molecular complexity index is 1400. The zero-order valence-corrected chi connectivity index (χ0v) is 24.6. The number of benzene rings is 2. The van der Waals surface area contributed by atoms with Gasteiger partial charge in [0.2, 0.25) is 17.6 Å². The number of carboxylic acids is 1. The maximum Gasteiger partial charge on any atom is 0.305 e. The summed E-state index contributed by atoms with van der Waals surface area (Å²) in [6.45, 7) is 3.40. The first-order chi connectivity index (χ1) is 20.0. The van der Waals surface area contributed by atoms with Gasteiger partial charge < -0.3 is 20.5 Å². The second kappa shape index (κ2) is 15.3. The van der Waals surface area contributed by atoms with Gasteiger partial charge in [-0.25, -0.2) is 4.39 Å². The standard InChI is InChI=1S/C27H30ClFN6O6S/c1-14(2)25(31-23(37)10-16-9-15(7-8-22(16)41-3)26-32-34-35-33-26)27(40)30-20(11-24(38)39)21(36)13-42-12-17-18(28)5-4-6-19(17)29/h4-9,14,20,25H,10-13H2,1-3H3,(H,30,40)(H,31,37)(H,38,39)(H,32,33,34,35)/t20?,25-/m0/s1. The Labute approximate surface area is 250 Å². The summed E-state index contributed by atoms with van der Waals surface area (Å²) in [5, 5.41) is 28.4. The van der Waals surface area contributed by atoms with Gasteiger partial charge in [-0.05, 0) is 41.5 Å². The largest absolute Gasteiger partial charge is 0.496 e. The number of aliphatic carboxylic acids is 1. The Balaban J connectivity index is 1.66. The number of H-pyrrole nitrogens is 1. The van der Waals surface area contributed by atoms with Gasteiger partial charge in [0.15, 0.2) is 5.78 Å². The highest BCUT2D eigenvalue weighted by molar-refractivity contribution is 7.99. The molecule has 1 aromatic heterocycles. The van der Waals surface area contributed by atoms with Crippen LogP contribution in [0.4, 0.5) is 4.39 Å². The highest BCUT2D eigenvalue weighted by Gasteiger charge is 2.30. The number of thioether (sulfide) groups is 1. The second-order valence-electron chi connectivity index (χ2n) is 9.55. The Morgan fingerprint density at radius 1 is 1.17 bits per heavy atom. The third-order valence-electron chi connectivity index (χ3n) is 6.14. The molecule has 15 heteroatoms. The van der Waals surface area contributed by atoms with E-state index < -0.39 is 53.8 Å². The molecule has 0 aliphatic rings. The van der Waals surface area contributed by atoms with Crippen LogP contribution in [0.15, 0.2) is 36.4 Å². The first-order valence-corrected chi connectivity index (χ1v) is 14.3. The fourth-order valence-corrected chi connectivity index (χ4v) is 5.29. The van der Waals surface area contributed by atoms with Crippen molar-refractivity contribution < 1.29 is 33.4 Å². The molecule has 0 bridgehead atoms. The summed E-state index contributed by atoms with van der Waals surface area (Å²) in [6, 6.07) is 6.83. The smallest absolute Gasteiger partial charge is 0.305 e. The van der Waals surface area contributed by atoms with Crippen LogP contribution in [0.5, 0.6) is 5.75 Å². The van der Waals surface area contributed by atoms with Crippen LogP contribution in [0.2, 0.25) is 5.02 Å². The van der Waals surface area contributed by atoms with Crippen LogP contribution in [-0.4, -0.2) is 74.2 Å². The lowest BCUT2D eigenvalue weighted by molar-refractivity contribution is -0.140. The SMILES string of the molecule is COc1ccc(-c2nn[nH]n2)cc1CC(=O)N[C@H](C(=O)NC(CC(=O)O)C(=O)CSCc1c(F)cccc1Cl)C(C)C. The van der Waals surface area contributed by atoms with Gasteiger partial charge in [0, 0.05) is 27.5 Å². The third kappa shape index (κ3) is 8.98. The molecule has 2 atom stereocenters. The monoisotopic (exact) mass is 620 g/mol. The molecular formula is C27H30ClFN6O6S. The van der Waals surface area contributed by atoms with E-state index >= 15 is 0 Å². The number of tetrazole rings is 1. The predicted octanol–water partition coefficient (Wildman–Crippen LogP) is 2.81. The lowest BCUT2D eigenvalue weighted by atomic mass is 10.0. The number of methoxy groups -OCH3 is 1. The number of aromatic amines is 1. The number of ketones is 1. The third-order valence-corrected chi connectivity index (χ3v) is 7.47. The van der Waals surface area contributed by atoms with Crippen LogP contribution >= 0.6 is 23.4 Å². The zero-order valence-electron chi connectivity index (χ0n) is 23.0. The van der Waals surface area contributed by atoms with Crippen molar-refractivity contribution in [2.24, 2.45) is 5.92 Å². The van der Waals surface area contributed by atoms with Gasteiger partial charge in [-0.3, -0.25) is 19.2 Å². The van der Waals surface area contributed by atoms with E-state index in [-0.39, 0.29) is 28.5 Å². The summed E-state index contributed by atoms with van der Waals surface area (Å²) in [6.07, 6.45) is -0.817. The van der Waals surface area contributed by atoms with Crippen LogP contribution in [0.3, 0.4) is 0 Å². The lowest BCUT2D eigenvalue weighted by Crippen LogP contribution is -2.54. The quantitative estimate of drug-likeness (QED) is 0.198. The lowest BCUT2D eigenvalue weighted by Gasteiger charge is -2.25. The zero-order chi connectivity index (χ0) is 30.8. The van der Waals surface area contributed by atoms with Gasteiger partial charge in [0.25, 0.3) is 0 Å². The van der Waals surface area contributed by atoms with Gasteiger partial charge in [-0.1, -0.05) is 31.5 Å². The van der Waals surface area contributed by atoms with Crippen molar-refractivity contribution in [3.63, 3.8) is 0 Å². The number of ether oxygens (including phenoxy) is 1. The molecule has 12 nitrogen and oxygen atoms in total. The summed E-state index contributed by atoms with van der Waals surface area (Å²) < 4.78 is 19.4. The molecule has 0 aliphatic heterocycles. The minimum Gasteiger partial charge on any atom is -0.496 e. The number of hydrogen-bond donors (Lipinski definition) is 4. The number of carboxylic acid groups (broad SMARTS) is 1. The van der Waals surface area contributed by atoms with Crippen molar-refractivity contribution in [2.75, 3.05) is 12.9 Å². The van der Waals surface area contributed by atoms with Crippen LogP contribution < -0.4 is 15.4 Å². The Morgan fingerprint density at radius 3 is 2.55 bits per heavy atom. The van der Waals surface area contributed by atoms with Crippen LogP contribution in [0, 0.1) is 11.7 Å². The van der Waals surface area contributed by atoms with Crippen molar-refractivity contribution in [3.05, 3.63) is 58.4 Å². The van der Waals surface area contributed by atoms with E-state index in [9.17, 15) is 28.7 Å². The Hall–Kier alpha value is -4.04. The van der Waals surface area contributed by atoms with E-state index in [1.807, 2.05) is 0 Å². The number of nitrogens with one attached hydrogen (secondary N) is 3. The number of halogens is 2. The van der Waals surface area contributed by atoms with E-state index in [1.165, 1.54) is 25.3 Å². The van der Waals surface area contributed by atoms with Gasteiger partial charge in [0.05, 0.1) is 31.7 Å². The fourth-order valence-electron chi connectivity index (χ4n) is 3.98. The first-order valence-electron chi connectivity index (χ1n) is 12.8. The van der Waals surface area contributed by atoms with E-state index in [0.29, 0.717) is 22.7 Å². The molecule has 2 aromatic carbocycles. The fraction of sp³-hybridized carbons (Fsp3) is 0.370. The molecule has 4 N–H and O–H groups in total. The summed E-state index contributed by atoms with van der Waals surface area (Å²) in [4.78, 5) is 50.6. The number of hydrogen-bond acceptors (Lipinski definition) is 9. The maximum absolute atomic E-state index is 14.0. The molecule has 3 aromatic rings. The van der Waals surface area contributed by atoms with Crippen LogP contribution in [0.25, 0.3) is 11.4 Å². The molecular weight excluding hydrogens is 591 g/mol. The number of amides is 2. The molecule has 2 amide bonds. The average Bonchev–Trinajstić information content (AvgIpc) is 3.47. The van der Waals surface area contributed by atoms with E-state index in [4.69, 9.17) is 16.3 Å². The topological polar surface area (TPSA) is 176 Å². The predicted molar refractivity (Wildman–Crippen MR) is 153 cm³/mol. The van der Waals surface area contributed by atoms with Crippen molar-refractivity contribution in [3.8, 4) is 17.1 Å². The molecule has 0 saturated heterocycles. The Morgan fingerprint density at radius 2 is 1.93 bits per heavy atom. The van der Waals surface area contributed by atoms with Crippen LogP contribution in [-0.2, 0) is 31.4 Å². The molecule has 0 spiro atoms. The van der Waals surface area contributed by atoms with Crippen molar-refractivity contribution in [1.29, 1.82) is 0 Å². The molecule has 0 radical (unpaired) electrons. The molecule has 1 heterocycles. The molecule has 0 saturated carbocycles. The first kappa shape index (κ1) is 32.5. The minimum absolute atomic E-state index is 0.0764. The number of Topliss-reactive ketones (excluding diaryl/α,β-unsaturated/α-hetero) is 1. The summed E-state index contributed by atoms with van der Waals surface area (Å²) >= 11 is 7.07. The number of carbonyl (C=O) groups is 4. The molecule has 0 aliphatic carbocycles. The van der Waals surface area contributed by atoms with Crippen LogP contribution in [0.1, 0.15) is 31.4 Å². The Kier molecular flexibility index (Phi) is 11.8. The molecule has 42 heavy (non-hydrogen) atoms. The average molecular weight is 621 g/mol. The number of carbonyl (C=O) groups excluding carboxylic acids is 3.